The van der Waals surface area contributed by atoms with E-state index in [1.54, 1.807) is 18.2 Å². The summed E-state index contributed by atoms with van der Waals surface area (Å²) in [6, 6.07) is 4.95. The maximum atomic E-state index is 13.2. The summed E-state index contributed by atoms with van der Waals surface area (Å²) in [5.41, 5.74) is 4.34. The van der Waals surface area contributed by atoms with Crippen LogP contribution in [0.5, 0.6) is 0 Å². The van der Waals surface area contributed by atoms with Crippen LogP contribution in [0.2, 0.25) is 0 Å². The molecule has 0 bridgehead atoms. The van der Waals surface area contributed by atoms with Gasteiger partial charge in [0.25, 0.3) is 0 Å². The van der Waals surface area contributed by atoms with E-state index in [4.69, 9.17) is 5.73 Å². The van der Waals surface area contributed by atoms with E-state index >= 15 is 0 Å². The number of rotatable bonds is 1. The largest absolute Gasteiger partial charge is 0.384 e. The van der Waals surface area contributed by atoms with Crippen LogP contribution in [0.15, 0.2) is 18.2 Å². The molecule has 0 atom stereocenters. The highest BCUT2D eigenvalue weighted by Gasteiger charge is 2.19. The van der Waals surface area contributed by atoms with Gasteiger partial charge < -0.3 is 5.73 Å². The van der Waals surface area contributed by atoms with Crippen molar-refractivity contribution in [3.05, 3.63) is 23.9 Å². The van der Waals surface area contributed by atoms with E-state index in [1.807, 2.05) is 0 Å². The molecule has 60 valence electrons. The van der Waals surface area contributed by atoms with Crippen molar-refractivity contribution in [2.24, 2.45) is 0 Å². The Labute approximate surface area is 65.3 Å². The molecule has 1 aromatic heterocycles. The predicted octanol–water partition coefficient (Wildman–Crippen LogP) is 1.87. The lowest BCUT2D eigenvalue weighted by molar-refractivity contribution is 0.214. The highest BCUT2D eigenvalue weighted by Crippen LogP contribution is 2.22. The number of nitrogens with zero attached hydrogens (tertiary/aromatic N) is 1. The van der Waals surface area contributed by atoms with Crippen LogP contribution < -0.4 is 5.73 Å². The van der Waals surface area contributed by atoms with Crippen molar-refractivity contribution in [2.45, 2.75) is 19.5 Å². The summed E-state index contributed by atoms with van der Waals surface area (Å²) >= 11 is 0. The van der Waals surface area contributed by atoms with Crippen LogP contribution in [0.25, 0.3) is 0 Å². The Bertz CT molecular complexity index is 253. The number of hydrogen-bond acceptors (Lipinski definition) is 2. The summed E-state index contributed by atoms with van der Waals surface area (Å²) in [6.07, 6.45) is 0. The molecular formula is C8H11FN2. The van der Waals surface area contributed by atoms with Gasteiger partial charge in [-0.15, -0.1) is 0 Å². The molecule has 0 saturated carbocycles. The highest BCUT2D eigenvalue weighted by molar-refractivity contribution is 5.30. The summed E-state index contributed by atoms with van der Waals surface area (Å²) in [7, 11) is 0. The maximum Gasteiger partial charge on any atom is 0.147 e. The third kappa shape index (κ3) is 1.90. The molecule has 0 aliphatic carbocycles. The van der Waals surface area contributed by atoms with Crippen LogP contribution in [-0.4, -0.2) is 4.98 Å². The van der Waals surface area contributed by atoms with Gasteiger partial charge in [-0.25, -0.2) is 9.37 Å². The standard InChI is InChI=1S/C8H11FN2/c1-8(2,9)6-4-3-5-7(10)11-6/h3-5H,1-2H3,(H2,10,11). The number of aromatic nitrogens is 1. The summed E-state index contributed by atoms with van der Waals surface area (Å²) < 4.78 is 13.2. The van der Waals surface area contributed by atoms with Crippen LogP contribution in [0.4, 0.5) is 10.2 Å². The van der Waals surface area contributed by atoms with E-state index in [-0.39, 0.29) is 0 Å². The molecule has 0 fully saturated rings. The Kier molecular flexibility index (Phi) is 1.81. The minimum atomic E-state index is -1.41. The number of hydrogen-bond donors (Lipinski definition) is 1. The first-order valence-corrected chi connectivity index (χ1v) is 3.42. The first kappa shape index (κ1) is 7.98. The third-order valence-corrected chi connectivity index (χ3v) is 1.38. The zero-order chi connectivity index (χ0) is 8.48. The molecule has 0 aromatic carbocycles. The van der Waals surface area contributed by atoms with E-state index in [2.05, 4.69) is 4.98 Å². The monoisotopic (exact) mass is 154 g/mol. The SMILES string of the molecule is CC(C)(F)c1cccc(N)n1. The van der Waals surface area contributed by atoms with E-state index in [0.717, 1.165) is 0 Å². The molecule has 1 heterocycles. The average molecular weight is 154 g/mol. The lowest BCUT2D eigenvalue weighted by Crippen LogP contribution is -2.12. The molecule has 0 spiro atoms. The van der Waals surface area contributed by atoms with Gasteiger partial charge in [0, 0.05) is 0 Å². The van der Waals surface area contributed by atoms with E-state index in [0.29, 0.717) is 11.5 Å². The van der Waals surface area contributed by atoms with E-state index in [1.165, 1.54) is 13.8 Å². The van der Waals surface area contributed by atoms with Crippen molar-refractivity contribution in [1.82, 2.24) is 4.98 Å². The summed E-state index contributed by atoms with van der Waals surface area (Å²) in [5, 5.41) is 0. The van der Waals surface area contributed by atoms with E-state index in [9.17, 15) is 4.39 Å². The highest BCUT2D eigenvalue weighted by atomic mass is 19.1. The maximum absolute atomic E-state index is 13.2. The van der Waals surface area contributed by atoms with Gasteiger partial charge in [-0.3, -0.25) is 0 Å². The Balaban J connectivity index is 3.06. The lowest BCUT2D eigenvalue weighted by Gasteiger charge is -2.12. The first-order chi connectivity index (χ1) is 5.00. The minimum Gasteiger partial charge on any atom is -0.384 e. The van der Waals surface area contributed by atoms with E-state index < -0.39 is 5.67 Å². The molecule has 1 rings (SSSR count). The molecule has 11 heavy (non-hydrogen) atoms. The van der Waals surface area contributed by atoms with Gasteiger partial charge in [0.1, 0.15) is 11.5 Å². The number of halogens is 1. The lowest BCUT2D eigenvalue weighted by atomic mass is 10.1. The Morgan fingerprint density at radius 2 is 2.09 bits per heavy atom. The topological polar surface area (TPSA) is 38.9 Å². The molecule has 0 radical (unpaired) electrons. The average Bonchev–Trinajstić information content (AvgIpc) is 1.86. The molecule has 1 aromatic rings. The van der Waals surface area contributed by atoms with Gasteiger partial charge in [0.05, 0.1) is 5.69 Å². The zero-order valence-corrected chi connectivity index (χ0v) is 6.63. The fourth-order valence-electron chi connectivity index (χ4n) is 0.783. The molecule has 0 saturated heterocycles. The molecule has 2 N–H and O–H groups in total. The van der Waals surface area contributed by atoms with Crippen molar-refractivity contribution in [3.8, 4) is 0 Å². The molecule has 0 aliphatic heterocycles. The van der Waals surface area contributed by atoms with Crippen molar-refractivity contribution in [3.63, 3.8) is 0 Å². The van der Waals surface area contributed by atoms with Gasteiger partial charge in [0.2, 0.25) is 0 Å². The Morgan fingerprint density at radius 1 is 1.45 bits per heavy atom. The van der Waals surface area contributed by atoms with Crippen molar-refractivity contribution in [1.29, 1.82) is 0 Å². The summed E-state index contributed by atoms with van der Waals surface area (Å²) in [5.74, 6) is 0.355. The van der Waals surface area contributed by atoms with Gasteiger partial charge in [0.15, 0.2) is 0 Å². The molecule has 0 amide bonds. The molecule has 0 unspecified atom stereocenters. The van der Waals surface area contributed by atoms with Crippen molar-refractivity contribution < 1.29 is 4.39 Å². The van der Waals surface area contributed by atoms with Crippen LogP contribution in [0.3, 0.4) is 0 Å². The van der Waals surface area contributed by atoms with Gasteiger partial charge in [-0.1, -0.05) is 6.07 Å². The normalized spacial score (nSPS) is 11.5. The quantitative estimate of drug-likeness (QED) is 0.670. The van der Waals surface area contributed by atoms with Crippen LogP contribution >= 0.6 is 0 Å². The molecule has 2 nitrogen and oxygen atoms in total. The summed E-state index contributed by atoms with van der Waals surface area (Å²) in [6.45, 7) is 2.91. The number of alkyl halides is 1. The zero-order valence-electron chi connectivity index (χ0n) is 6.63. The number of nitrogens with two attached hydrogens (primary N) is 1. The minimum absolute atomic E-state index is 0.355. The Hall–Kier alpha value is -1.12. The van der Waals surface area contributed by atoms with Gasteiger partial charge >= 0.3 is 0 Å². The number of nitrogen functional groups attached to an aromatic ring is 1. The first-order valence-electron chi connectivity index (χ1n) is 3.42. The van der Waals surface area contributed by atoms with Crippen molar-refractivity contribution in [2.75, 3.05) is 5.73 Å². The molecule has 3 heteroatoms. The molecule has 0 aliphatic rings. The second-order valence-corrected chi connectivity index (χ2v) is 2.92. The molecular weight excluding hydrogens is 143 g/mol. The van der Waals surface area contributed by atoms with Crippen LogP contribution in [0, 0.1) is 0 Å². The predicted molar refractivity (Wildman–Crippen MR) is 42.8 cm³/mol. The van der Waals surface area contributed by atoms with Gasteiger partial charge in [-0.05, 0) is 26.0 Å². The second-order valence-electron chi connectivity index (χ2n) is 2.92. The smallest absolute Gasteiger partial charge is 0.147 e. The van der Waals surface area contributed by atoms with Crippen molar-refractivity contribution >= 4 is 5.82 Å². The number of anilines is 1. The summed E-state index contributed by atoms with van der Waals surface area (Å²) in [4.78, 5) is 3.85. The van der Waals surface area contributed by atoms with Crippen LogP contribution in [0.1, 0.15) is 19.5 Å². The fourth-order valence-corrected chi connectivity index (χ4v) is 0.783. The second kappa shape index (κ2) is 2.49. The Morgan fingerprint density at radius 3 is 2.45 bits per heavy atom. The fraction of sp³-hybridized carbons (Fsp3) is 0.375. The van der Waals surface area contributed by atoms with Crippen LogP contribution in [-0.2, 0) is 5.67 Å². The van der Waals surface area contributed by atoms with Gasteiger partial charge in [-0.2, -0.15) is 0 Å². The number of pyridine rings is 1. The third-order valence-electron chi connectivity index (χ3n) is 1.38.